The summed E-state index contributed by atoms with van der Waals surface area (Å²) in [5.74, 6) is 0.0190. The van der Waals surface area contributed by atoms with Gasteiger partial charge in [0.1, 0.15) is 5.82 Å². The molecule has 0 saturated carbocycles. The van der Waals surface area contributed by atoms with Crippen molar-refractivity contribution in [3.8, 4) is 0 Å². The maximum atomic E-state index is 11.9. The van der Waals surface area contributed by atoms with Gasteiger partial charge in [0, 0.05) is 24.9 Å². The Balaban J connectivity index is 1.91. The summed E-state index contributed by atoms with van der Waals surface area (Å²) in [5, 5.41) is 15.2. The van der Waals surface area contributed by atoms with Gasteiger partial charge in [-0.15, -0.1) is 5.10 Å². The summed E-state index contributed by atoms with van der Waals surface area (Å²) in [6.45, 7) is 4.86. The molecule has 1 aromatic heterocycles. The van der Waals surface area contributed by atoms with Crippen LogP contribution in [0.1, 0.15) is 42.6 Å². The van der Waals surface area contributed by atoms with E-state index >= 15 is 0 Å². The Morgan fingerprint density at radius 3 is 2.67 bits per heavy atom. The van der Waals surface area contributed by atoms with Crippen molar-refractivity contribution in [2.24, 2.45) is 5.92 Å². The lowest BCUT2D eigenvalue weighted by molar-refractivity contribution is -0.139. The molecule has 1 aliphatic heterocycles. The quantitative estimate of drug-likeness (QED) is 0.811. The van der Waals surface area contributed by atoms with Crippen LogP contribution in [0.15, 0.2) is 0 Å². The maximum absolute atomic E-state index is 11.9. The van der Waals surface area contributed by atoms with Gasteiger partial charge >= 0.3 is 5.97 Å². The number of hydrogen-bond donors (Lipinski definition) is 2. The molecule has 1 amide bonds. The van der Waals surface area contributed by atoms with Crippen LogP contribution in [0.5, 0.6) is 0 Å². The number of hydrogen-bond acceptors (Lipinski definition) is 4. The molecule has 0 spiro atoms. The number of aromatic nitrogens is 3. The highest BCUT2D eigenvalue weighted by Gasteiger charge is 2.34. The minimum absolute atomic E-state index is 0.0509. The van der Waals surface area contributed by atoms with Crippen LogP contribution in [0.4, 0.5) is 0 Å². The molecule has 0 aromatic carbocycles. The number of amides is 1. The molecule has 0 aliphatic carbocycles. The van der Waals surface area contributed by atoms with Gasteiger partial charge in [0.05, 0.1) is 6.42 Å². The van der Waals surface area contributed by atoms with E-state index in [1.165, 1.54) is 0 Å². The molecule has 1 aliphatic rings. The Morgan fingerprint density at radius 2 is 2.17 bits per heavy atom. The number of carboxylic acids is 1. The zero-order valence-electron chi connectivity index (χ0n) is 10.4. The fourth-order valence-electron chi connectivity index (χ4n) is 1.88. The van der Waals surface area contributed by atoms with Crippen molar-refractivity contribution in [1.82, 2.24) is 20.1 Å². The average Bonchev–Trinajstić information content (AvgIpc) is 2.70. The second-order valence-corrected chi connectivity index (χ2v) is 4.87. The summed E-state index contributed by atoms with van der Waals surface area (Å²) < 4.78 is 0. The average molecular weight is 252 g/mol. The van der Waals surface area contributed by atoms with Crippen molar-refractivity contribution in [2.75, 3.05) is 13.1 Å². The first-order valence-corrected chi connectivity index (χ1v) is 5.90. The van der Waals surface area contributed by atoms with Crippen molar-refractivity contribution in [3.63, 3.8) is 0 Å². The molecular formula is C11H16N4O3. The van der Waals surface area contributed by atoms with E-state index in [1.54, 1.807) is 4.90 Å². The van der Waals surface area contributed by atoms with Crippen molar-refractivity contribution in [1.29, 1.82) is 0 Å². The molecule has 0 radical (unpaired) electrons. The molecule has 0 unspecified atom stereocenters. The van der Waals surface area contributed by atoms with Gasteiger partial charge in [0.25, 0.3) is 5.91 Å². The maximum Gasteiger partial charge on any atom is 0.303 e. The largest absolute Gasteiger partial charge is 0.481 e. The molecule has 98 valence electrons. The van der Waals surface area contributed by atoms with Gasteiger partial charge in [-0.1, -0.05) is 13.8 Å². The smallest absolute Gasteiger partial charge is 0.303 e. The van der Waals surface area contributed by atoms with Gasteiger partial charge in [0.15, 0.2) is 0 Å². The molecule has 18 heavy (non-hydrogen) atoms. The number of carbonyl (C=O) groups excluding carboxylic acids is 1. The number of aromatic amines is 1. The molecule has 2 N–H and O–H groups in total. The fraction of sp³-hybridized carbons (Fsp3) is 0.636. The van der Waals surface area contributed by atoms with Gasteiger partial charge in [-0.25, -0.2) is 4.98 Å². The highest BCUT2D eigenvalue weighted by molar-refractivity contribution is 5.91. The molecule has 1 aromatic rings. The van der Waals surface area contributed by atoms with Gasteiger partial charge < -0.3 is 10.0 Å². The third-order valence-corrected chi connectivity index (χ3v) is 2.95. The van der Waals surface area contributed by atoms with Crippen LogP contribution >= 0.6 is 0 Å². The lowest BCUT2D eigenvalue weighted by atomic mass is 9.96. The molecule has 2 rings (SSSR count). The number of nitrogens with zero attached hydrogens (tertiary/aromatic N) is 3. The number of aliphatic carboxylic acids is 1. The second-order valence-electron chi connectivity index (χ2n) is 4.87. The summed E-state index contributed by atoms with van der Waals surface area (Å²) in [4.78, 5) is 28.1. The van der Waals surface area contributed by atoms with Crippen LogP contribution < -0.4 is 0 Å². The zero-order valence-corrected chi connectivity index (χ0v) is 10.4. The van der Waals surface area contributed by atoms with E-state index in [0.29, 0.717) is 18.9 Å². The van der Waals surface area contributed by atoms with Crippen LogP contribution in [-0.2, 0) is 4.79 Å². The predicted molar refractivity (Wildman–Crippen MR) is 62.1 cm³/mol. The van der Waals surface area contributed by atoms with E-state index < -0.39 is 5.97 Å². The van der Waals surface area contributed by atoms with Gasteiger partial charge in [-0.2, -0.15) is 0 Å². The standard InChI is InChI=1S/C11H16N4O3/c1-6(2)9-12-10(14-13-9)11(18)15-4-7(5-15)3-8(16)17/h6-7H,3-5H2,1-2H3,(H,16,17)(H,12,13,14). The molecular weight excluding hydrogens is 236 g/mol. The SMILES string of the molecule is CC(C)c1nc(C(=O)N2CC(CC(=O)O)C2)n[nH]1. The minimum atomic E-state index is -0.827. The third kappa shape index (κ3) is 2.49. The van der Waals surface area contributed by atoms with E-state index in [9.17, 15) is 9.59 Å². The molecule has 0 bridgehead atoms. The molecule has 1 fully saturated rings. The molecule has 7 nitrogen and oxygen atoms in total. The first-order chi connectivity index (χ1) is 8.47. The first-order valence-electron chi connectivity index (χ1n) is 5.90. The van der Waals surface area contributed by atoms with Crippen molar-refractivity contribution < 1.29 is 14.7 Å². The number of carboxylic acid groups (broad SMARTS) is 1. The van der Waals surface area contributed by atoms with Crippen LogP contribution in [0, 0.1) is 5.92 Å². The molecule has 7 heteroatoms. The van der Waals surface area contributed by atoms with E-state index in [2.05, 4.69) is 15.2 Å². The highest BCUT2D eigenvalue weighted by Crippen LogP contribution is 2.20. The number of likely N-dealkylation sites (tertiary alicyclic amines) is 1. The normalized spacial score (nSPS) is 15.8. The van der Waals surface area contributed by atoms with Crippen molar-refractivity contribution in [3.05, 3.63) is 11.6 Å². The van der Waals surface area contributed by atoms with Gasteiger partial charge in [-0.05, 0) is 0 Å². The summed E-state index contributed by atoms with van der Waals surface area (Å²) >= 11 is 0. The first kappa shape index (κ1) is 12.5. The summed E-state index contributed by atoms with van der Waals surface area (Å²) in [7, 11) is 0. The van der Waals surface area contributed by atoms with E-state index in [1.807, 2.05) is 13.8 Å². The Hall–Kier alpha value is -1.92. The fourth-order valence-corrected chi connectivity index (χ4v) is 1.88. The predicted octanol–water partition coefficient (Wildman–Crippen LogP) is 0.475. The molecule has 1 saturated heterocycles. The van der Waals surface area contributed by atoms with Crippen molar-refractivity contribution in [2.45, 2.75) is 26.2 Å². The number of H-pyrrole nitrogens is 1. The Bertz CT molecular complexity index is 463. The molecule has 0 atom stereocenters. The van der Waals surface area contributed by atoms with Crippen LogP contribution in [0.2, 0.25) is 0 Å². The Morgan fingerprint density at radius 1 is 1.50 bits per heavy atom. The Labute approximate surface area is 104 Å². The zero-order chi connectivity index (χ0) is 13.3. The lowest BCUT2D eigenvalue weighted by Gasteiger charge is -2.37. The third-order valence-electron chi connectivity index (χ3n) is 2.95. The van der Waals surface area contributed by atoms with Crippen LogP contribution in [0.25, 0.3) is 0 Å². The lowest BCUT2D eigenvalue weighted by Crippen LogP contribution is -2.50. The van der Waals surface area contributed by atoms with E-state index in [0.717, 1.165) is 0 Å². The summed E-state index contributed by atoms with van der Waals surface area (Å²) in [6, 6.07) is 0. The molecule has 2 heterocycles. The number of rotatable bonds is 4. The van der Waals surface area contributed by atoms with Gasteiger partial charge in [0.2, 0.25) is 5.82 Å². The van der Waals surface area contributed by atoms with Crippen molar-refractivity contribution >= 4 is 11.9 Å². The monoisotopic (exact) mass is 252 g/mol. The number of nitrogens with one attached hydrogen (secondary N) is 1. The minimum Gasteiger partial charge on any atom is -0.481 e. The number of carbonyl (C=O) groups is 2. The van der Waals surface area contributed by atoms with E-state index in [-0.39, 0.29) is 30.0 Å². The van der Waals surface area contributed by atoms with Gasteiger partial charge in [-0.3, -0.25) is 14.7 Å². The van der Waals surface area contributed by atoms with E-state index in [4.69, 9.17) is 5.11 Å². The Kier molecular flexibility index (Phi) is 3.31. The summed E-state index contributed by atoms with van der Waals surface area (Å²) in [5.41, 5.74) is 0. The van der Waals surface area contributed by atoms with Crippen LogP contribution in [-0.4, -0.2) is 50.2 Å². The second kappa shape index (κ2) is 4.75. The highest BCUT2D eigenvalue weighted by atomic mass is 16.4. The summed E-state index contributed by atoms with van der Waals surface area (Å²) in [6.07, 6.45) is 0.106. The topological polar surface area (TPSA) is 99.2 Å². The van der Waals surface area contributed by atoms with Crippen LogP contribution in [0.3, 0.4) is 0 Å².